The second-order valence-corrected chi connectivity index (χ2v) is 9.58. The Bertz CT molecular complexity index is 1360. The van der Waals surface area contributed by atoms with Gasteiger partial charge in [-0.3, -0.25) is 14.9 Å². The third kappa shape index (κ3) is 6.41. The van der Waals surface area contributed by atoms with E-state index in [0.29, 0.717) is 40.6 Å². The Morgan fingerprint density at radius 2 is 1.62 bits per heavy atom. The van der Waals surface area contributed by atoms with E-state index in [2.05, 4.69) is 20.8 Å². The molecule has 3 aromatic rings. The summed E-state index contributed by atoms with van der Waals surface area (Å²) in [6.45, 7) is 3.37. The molecule has 0 bridgehead atoms. The normalized spacial score (nSPS) is 14.6. The van der Waals surface area contributed by atoms with E-state index in [-0.39, 0.29) is 18.0 Å². The van der Waals surface area contributed by atoms with E-state index in [0.717, 1.165) is 11.3 Å². The van der Waals surface area contributed by atoms with E-state index in [9.17, 15) is 35.9 Å². The Labute approximate surface area is 221 Å². The number of fused-ring (bicyclic) bond motifs is 1. The van der Waals surface area contributed by atoms with Gasteiger partial charge in [-0.25, -0.2) is 0 Å². The zero-order valence-electron chi connectivity index (χ0n) is 20.2. The maximum Gasteiger partial charge on any atom is 0.416 e. The van der Waals surface area contributed by atoms with E-state index in [1.807, 2.05) is 0 Å². The maximum atomic E-state index is 13.2. The topological polar surface area (TPSA) is 102 Å². The first kappa shape index (κ1) is 28.1. The number of rotatable bonds is 7. The van der Waals surface area contributed by atoms with Crippen LogP contribution in [0.3, 0.4) is 0 Å². The standard InChI is InChI=1S/C24H20F6N4O4S/c1-3-11(2)18(31-19(35)13-6-14(23(25,26)27)9-15(7-13)24(28,29)30)20(36)32-22-34-33-21(39-22)12-4-5-16-17(8-12)38-10-37-16/h4-9,11,18H,3,10H2,1-2H3,(H,31,35)(H,32,34,36). The molecule has 15 heteroatoms. The van der Waals surface area contributed by atoms with E-state index < -0.39 is 52.8 Å². The Hall–Kier alpha value is -3.88. The summed E-state index contributed by atoms with van der Waals surface area (Å²) >= 11 is 1.01. The lowest BCUT2D eigenvalue weighted by atomic mass is 9.97. The molecule has 2 N–H and O–H groups in total. The van der Waals surface area contributed by atoms with E-state index in [4.69, 9.17) is 9.47 Å². The van der Waals surface area contributed by atoms with Crippen LogP contribution in [0.5, 0.6) is 11.5 Å². The highest BCUT2D eigenvalue weighted by Crippen LogP contribution is 2.38. The predicted octanol–water partition coefficient (Wildman–Crippen LogP) is 5.75. The third-order valence-electron chi connectivity index (χ3n) is 5.91. The fourth-order valence-electron chi connectivity index (χ4n) is 3.62. The molecule has 1 aromatic heterocycles. The molecule has 0 radical (unpaired) electrons. The average molecular weight is 575 g/mol. The van der Waals surface area contributed by atoms with Crippen LogP contribution in [0.25, 0.3) is 10.6 Å². The predicted molar refractivity (Wildman–Crippen MR) is 127 cm³/mol. The van der Waals surface area contributed by atoms with E-state index >= 15 is 0 Å². The zero-order valence-corrected chi connectivity index (χ0v) is 21.1. The van der Waals surface area contributed by atoms with Crippen molar-refractivity contribution in [3.63, 3.8) is 0 Å². The number of nitrogens with one attached hydrogen (secondary N) is 2. The SMILES string of the molecule is CCC(C)C(NC(=O)c1cc(C(F)(F)F)cc(C(F)(F)F)c1)C(=O)Nc1nnc(-c2ccc3c(c2)OCO3)s1. The van der Waals surface area contributed by atoms with Gasteiger partial charge in [0.1, 0.15) is 11.0 Å². The Morgan fingerprint density at radius 3 is 2.23 bits per heavy atom. The summed E-state index contributed by atoms with van der Waals surface area (Å²) in [5.74, 6) is -1.51. The van der Waals surface area contributed by atoms with Gasteiger partial charge in [0, 0.05) is 11.1 Å². The van der Waals surface area contributed by atoms with Crippen LogP contribution in [-0.2, 0) is 17.1 Å². The summed E-state index contributed by atoms with van der Waals surface area (Å²) in [7, 11) is 0. The molecule has 1 aliphatic heterocycles. The molecule has 0 saturated heterocycles. The number of hydrogen-bond donors (Lipinski definition) is 2. The first-order valence-corrected chi connectivity index (χ1v) is 12.2. The van der Waals surface area contributed by atoms with Crippen molar-refractivity contribution in [2.75, 3.05) is 12.1 Å². The van der Waals surface area contributed by atoms with Gasteiger partial charge in [0.05, 0.1) is 11.1 Å². The van der Waals surface area contributed by atoms with Crippen LogP contribution in [-0.4, -0.2) is 34.8 Å². The number of carbonyl (C=O) groups excluding carboxylic acids is 2. The largest absolute Gasteiger partial charge is 0.454 e. The number of aromatic nitrogens is 2. The van der Waals surface area contributed by atoms with Crippen molar-refractivity contribution in [2.24, 2.45) is 5.92 Å². The van der Waals surface area contributed by atoms with E-state index in [1.165, 1.54) is 0 Å². The number of amides is 2. The van der Waals surface area contributed by atoms with Gasteiger partial charge < -0.3 is 14.8 Å². The molecule has 0 saturated carbocycles. The molecule has 208 valence electrons. The molecule has 2 aromatic carbocycles. The van der Waals surface area contributed by atoms with Crippen LogP contribution in [0.2, 0.25) is 0 Å². The lowest BCUT2D eigenvalue weighted by Gasteiger charge is -2.23. The highest BCUT2D eigenvalue weighted by atomic mass is 32.1. The molecular formula is C24H20F6N4O4S. The van der Waals surface area contributed by atoms with Gasteiger partial charge in [-0.05, 0) is 42.3 Å². The molecule has 1 aliphatic rings. The fraction of sp³-hybridized carbons (Fsp3) is 0.333. The summed E-state index contributed by atoms with van der Waals surface area (Å²) < 4.78 is 89.9. The monoisotopic (exact) mass is 574 g/mol. The molecule has 2 unspecified atom stereocenters. The quantitative estimate of drug-likeness (QED) is 0.348. The highest BCUT2D eigenvalue weighted by Gasteiger charge is 2.38. The molecule has 8 nitrogen and oxygen atoms in total. The Balaban J connectivity index is 1.54. The minimum Gasteiger partial charge on any atom is -0.454 e. The number of hydrogen-bond acceptors (Lipinski definition) is 7. The van der Waals surface area contributed by atoms with Gasteiger partial charge in [0.25, 0.3) is 5.91 Å². The maximum absolute atomic E-state index is 13.2. The van der Waals surface area contributed by atoms with E-state index in [1.54, 1.807) is 32.0 Å². The minimum absolute atomic E-state index is 0.0636. The van der Waals surface area contributed by atoms with Gasteiger partial charge >= 0.3 is 12.4 Å². The highest BCUT2D eigenvalue weighted by molar-refractivity contribution is 7.18. The van der Waals surface area contributed by atoms with Crippen molar-refractivity contribution in [1.29, 1.82) is 0 Å². The molecule has 2 heterocycles. The van der Waals surface area contributed by atoms with Gasteiger partial charge in [-0.2, -0.15) is 26.3 Å². The summed E-state index contributed by atoms with van der Waals surface area (Å²) in [6.07, 6.45) is -9.90. The van der Waals surface area contributed by atoms with Gasteiger partial charge in [-0.15, -0.1) is 10.2 Å². The number of ether oxygens (including phenoxy) is 2. The molecule has 0 fully saturated rings. The number of halogens is 6. The third-order valence-corrected chi connectivity index (χ3v) is 6.79. The minimum atomic E-state index is -5.13. The van der Waals surface area contributed by atoms with Gasteiger partial charge in [0.15, 0.2) is 11.5 Å². The number of nitrogens with zero attached hydrogens (tertiary/aromatic N) is 2. The molecule has 2 atom stereocenters. The van der Waals surface area contributed by atoms with Crippen LogP contribution in [0.1, 0.15) is 41.8 Å². The molecule has 4 rings (SSSR count). The Kier molecular flexibility index (Phi) is 7.73. The first-order chi connectivity index (χ1) is 18.3. The number of carbonyl (C=O) groups is 2. The lowest BCUT2D eigenvalue weighted by Crippen LogP contribution is -2.47. The summed E-state index contributed by atoms with van der Waals surface area (Å²) in [6, 6.07) is 4.31. The second kappa shape index (κ2) is 10.7. The zero-order chi connectivity index (χ0) is 28.5. The van der Waals surface area contributed by atoms with Crippen LogP contribution < -0.4 is 20.1 Å². The molecular weight excluding hydrogens is 554 g/mol. The molecule has 39 heavy (non-hydrogen) atoms. The number of benzene rings is 2. The second-order valence-electron chi connectivity index (χ2n) is 8.60. The summed E-state index contributed by atoms with van der Waals surface area (Å²) in [5.41, 5.74) is -3.54. The van der Waals surface area contributed by atoms with Crippen LogP contribution in [0, 0.1) is 5.92 Å². The van der Waals surface area contributed by atoms with Crippen molar-refractivity contribution >= 4 is 28.3 Å². The van der Waals surface area contributed by atoms with Crippen molar-refractivity contribution in [1.82, 2.24) is 15.5 Å². The van der Waals surface area contributed by atoms with Crippen LogP contribution in [0.15, 0.2) is 36.4 Å². The van der Waals surface area contributed by atoms with Crippen molar-refractivity contribution < 1.29 is 45.4 Å². The first-order valence-electron chi connectivity index (χ1n) is 11.4. The van der Waals surface area contributed by atoms with Gasteiger partial charge in [-0.1, -0.05) is 31.6 Å². The molecule has 0 spiro atoms. The summed E-state index contributed by atoms with van der Waals surface area (Å²) in [5, 5.41) is 13.2. The Morgan fingerprint density at radius 1 is 0.974 bits per heavy atom. The molecule has 2 amide bonds. The lowest BCUT2D eigenvalue weighted by molar-refractivity contribution is -0.143. The smallest absolute Gasteiger partial charge is 0.416 e. The van der Waals surface area contributed by atoms with Crippen molar-refractivity contribution in [2.45, 2.75) is 38.7 Å². The van der Waals surface area contributed by atoms with Crippen LogP contribution >= 0.6 is 11.3 Å². The van der Waals surface area contributed by atoms with Gasteiger partial charge in [0.2, 0.25) is 17.8 Å². The number of alkyl halides is 6. The van der Waals surface area contributed by atoms with Crippen LogP contribution in [0.4, 0.5) is 31.5 Å². The van der Waals surface area contributed by atoms with Crippen molar-refractivity contribution in [3.8, 4) is 22.1 Å². The van der Waals surface area contributed by atoms with Crippen molar-refractivity contribution in [3.05, 3.63) is 53.1 Å². The molecule has 0 aliphatic carbocycles. The average Bonchev–Trinajstić information content (AvgIpc) is 3.54. The number of anilines is 1. The summed E-state index contributed by atoms with van der Waals surface area (Å²) in [4.78, 5) is 25.8. The fourth-order valence-corrected chi connectivity index (χ4v) is 4.36.